The van der Waals surface area contributed by atoms with Crippen molar-refractivity contribution in [1.82, 2.24) is 10.2 Å². The quantitative estimate of drug-likeness (QED) is 0.775. The number of hydrogen-bond donors (Lipinski definition) is 1. The topological polar surface area (TPSA) is 94.9 Å². The monoisotopic (exact) mass is 358 g/mol. The van der Waals surface area contributed by atoms with Gasteiger partial charge in [0.2, 0.25) is 0 Å². The minimum absolute atomic E-state index is 0.250. The van der Waals surface area contributed by atoms with Gasteiger partial charge in [0.15, 0.2) is 0 Å². The third-order valence-corrected chi connectivity index (χ3v) is 4.47. The van der Waals surface area contributed by atoms with E-state index < -0.39 is 6.09 Å². The Hall–Kier alpha value is -2.63. The largest absolute Gasteiger partial charge is 0.465 e. The molecule has 1 N–H and O–H groups in total. The number of carbonyl (C=O) groups excluding carboxylic acids is 2. The van der Waals surface area contributed by atoms with Gasteiger partial charge in [0.25, 0.3) is 0 Å². The predicted molar refractivity (Wildman–Crippen MR) is 93.6 cm³/mol. The molecule has 2 saturated heterocycles. The standard InChI is InChI=1S/C18H22N4O4/c1-2-25-17(23)16-12-21(8-7-20-16)10-15-11-22(18(24)26-15)14-5-3-13(9-19)4-6-14/h3-6,15-16,20H,2,7-8,10-12H2,1H3. The van der Waals surface area contributed by atoms with Crippen molar-refractivity contribution in [3.63, 3.8) is 0 Å². The average molecular weight is 358 g/mol. The molecule has 2 aliphatic heterocycles. The van der Waals surface area contributed by atoms with Crippen LogP contribution in [0.3, 0.4) is 0 Å². The molecule has 3 rings (SSSR count). The first-order valence-electron chi connectivity index (χ1n) is 8.71. The van der Waals surface area contributed by atoms with Gasteiger partial charge in [-0.2, -0.15) is 5.26 Å². The predicted octanol–water partition coefficient (Wildman–Crippen LogP) is 0.720. The van der Waals surface area contributed by atoms with Crippen molar-refractivity contribution in [2.75, 3.05) is 44.2 Å². The van der Waals surface area contributed by atoms with Crippen molar-refractivity contribution < 1.29 is 19.1 Å². The summed E-state index contributed by atoms with van der Waals surface area (Å²) in [6, 6.07) is 8.54. The second-order valence-electron chi connectivity index (χ2n) is 6.29. The first-order chi connectivity index (χ1) is 12.6. The van der Waals surface area contributed by atoms with Crippen LogP contribution in [0.4, 0.5) is 10.5 Å². The second-order valence-corrected chi connectivity index (χ2v) is 6.29. The van der Waals surface area contributed by atoms with Crippen LogP contribution in [0, 0.1) is 11.3 Å². The van der Waals surface area contributed by atoms with Crippen LogP contribution in [0.15, 0.2) is 24.3 Å². The van der Waals surface area contributed by atoms with Crippen LogP contribution >= 0.6 is 0 Å². The van der Waals surface area contributed by atoms with Crippen molar-refractivity contribution in [3.8, 4) is 6.07 Å². The molecule has 2 aliphatic rings. The minimum atomic E-state index is -0.392. The van der Waals surface area contributed by atoms with Gasteiger partial charge >= 0.3 is 12.1 Å². The van der Waals surface area contributed by atoms with E-state index >= 15 is 0 Å². The number of piperazine rings is 1. The lowest BCUT2D eigenvalue weighted by Crippen LogP contribution is -2.56. The number of nitrogens with one attached hydrogen (secondary N) is 1. The molecule has 1 aromatic rings. The van der Waals surface area contributed by atoms with Gasteiger partial charge in [0.1, 0.15) is 12.1 Å². The Kier molecular flexibility index (Phi) is 5.71. The highest BCUT2D eigenvalue weighted by Gasteiger charge is 2.35. The molecule has 8 heteroatoms. The van der Waals surface area contributed by atoms with E-state index in [1.165, 1.54) is 0 Å². The summed E-state index contributed by atoms with van der Waals surface area (Å²) < 4.78 is 10.5. The van der Waals surface area contributed by atoms with E-state index in [2.05, 4.69) is 16.3 Å². The van der Waals surface area contributed by atoms with Crippen molar-refractivity contribution in [3.05, 3.63) is 29.8 Å². The Labute approximate surface area is 152 Å². The fourth-order valence-electron chi connectivity index (χ4n) is 3.21. The fraction of sp³-hybridized carbons (Fsp3) is 0.500. The summed E-state index contributed by atoms with van der Waals surface area (Å²) in [4.78, 5) is 27.7. The summed E-state index contributed by atoms with van der Waals surface area (Å²) in [6.45, 7) is 5.15. The zero-order valence-electron chi connectivity index (χ0n) is 14.7. The average Bonchev–Trinajstić information content (AvgIpc) is 3.02. The number of nitriles is 1. The fourth-order valence-corrected chi connectivity index (χ4v) is 3.21. The number of nitrogens with zero attached hydrogens (tertiary/aromatic N) is 3. The van der Waals surface area contributed by atoms with E-state index in [0.29, 0.717) is 44.0 Å². The van der Waals surface area contributed by atoms with Gasteiger partial charge in [-0.15, -0.1) is 0 Å². The summed E-state index contributed by atoms with van der Waals surface area (Å²) in [5, 5.41) is 12.0. The zero-order chi connectivity index (χ0) is 18.5. The van der Waals surface area contributed by atoms with Crippen LogP contribution in [0.5, 0.6) is 0 Å². The van der Waals surface area contributed by atoms with E-state index in [1.807, 2.05) is 0 Å². The second kappa shape index (κ2) is 8.17. The maximum Gasteiger partial charge on any atom is 0.414 e. The smallest absolute Gasteiger partial charge is 0.414 e. The first-order valence-corrected chi connectivity index (χ1v) is 8.71. The molecule has 138 valence electrons. The van der Waals surface area contributed by atoms with Gasteiger partial charge in [-0.1, -0.05) is 0 Å². The van der Waals surface area contributed by atoms with Crippen molar-refractivity contribution in [2.45, 2.75) is 19.1 Å². The summed E-state index contributed by atoms with van der Waals surface area (Å²) in [7, 11) is 0. The number of hydrogen-bond acceptors (Lipinski definition) is 7. The molecule has 8 nitrogen and oxygen atoms in total. The van der Waals surface area contributed by atoms with E-state index in [1.54, 1.807) is 36.1 Å². The minimum Gasteiger partial charge on any atom is -0.465 e. The molecule has 2 atom stereocenters. The first kappa shape index (κ1) is 18.2. The van der Waals surface area contributed by atoms with Crippen LogP contribution in [0.25, 0.3) is 0 Å². The Bertz CT molecular complexity index is 700. The molecule has 1 amide bonds. The van der Waals surface area contributed by atoms with Crippen LogP contribution in [0.2, 0.25) is 0 Å². The van der Waals surface area contributed by atoms with Gasteiger partial charge < -0.3 is 14.8 Å². The number of esters is 1. The number of ether oxygens (including phenoxy) is 2. The van der Waals surface area contributed by atoms with Crippen molar-refractivity contribution in [1.29, 1.82) is 5.26 Å². The number of cyclic esters (lactones) is 1. The molecule has 2 unspecified atom stereocenters. The highest BCUT2D eigenvalue weighted by atomic mass is 16.6. The molecular formula is C18H22N4O4. The van der Waals surface area contributed by atoms with Gasteiger partial charge in [-0.3, -0.25) is 14.6 Å². The molecule has 0 aromatic heterocycles. The molecule has 0 saturated carbocycles. The van der Waals surface area contributed by atoms with E-state index in [4.69, 9.17) is 14.7 Å². The van der Waals surface area contributed by atoms with E-state index in [-0.39, 0.29) is 18.1 Å². The van der Waals surface area contributed by atoms with Crippen LogP contribution in [0.1, 0.15) is 12.5 Å². The maximum absolute atomic E-state index is 12.2. The molecular weight excluding hydrogens is 336 g/mol. The van der Waals surface area contributed by atoms with Crippen LogP contribution < -0.4 is 10.2 Å². The normalized spacial score (nSPS) is 23.4. The Balaban J connectivity index is 1.57. The van der Waals surface area contributed by atoms with Crippen LogP contribution in [-0.4, -0.2) is 68.4 Å². The lowest BCUT2D eigenvalue weighted by Gasteiger charge is -2.33. The van der Waals surface area contributed by atoms with E-state index in [0.717, 1.165) is 6.54 Å². The molecule has 0 spiro atoms. The molecule has 0 bridgehead atoms. The van der Waals surface area contributed by atoms with Crippen molar-refractivity contribution in [2.24, 2.45) is 0 Å². The molecule has 1 aromatic carbocycles. The number of benzene rings is 1. The SMILES string of the molecule is CCOC(=O)C1CN(CC2CN(c3ccc(C#N)cc3)C(=O)O2)CCN1. The van der Waals surface area contributed by atoms with Gasteiger partial charge in [0, 0.05) is 31.9 Å². The number of carbonyl (C=O) groups is 2. The Morgan fingerprint density at radius 3 is 2.85 bits per heavy atom. The van der Waals surface area contributed by atoms with Gasteiger partial charge in [0.05, 0.1) is 24.8 Å². The summed E-state index contributed by atoms with van der Waals surface area (Å²) >= 11 is 0. The maximum atomic E-state index is 12.2. The summed E-state index contributed by atoms with van der Waals surface area (Å²) in [6.07, 6.45) is -0.657. The molecule has 0 aliphatic carbocycles. The number of amides is 1. The summed E-state index contributed by atoms with van der Waals surface area (Å²) in [5.74, 6) is -0.250. The highest BCUT2D eigenvalue weighted by Crippen LogP contribution is 2.22. The van der Waals surface area contributed by atoms with Gasteiger partial charge in [-0.05, 0) is 31.2 Å². The number of anilines is 1. The highest BCUT2D eigenvalue weighted by molar-refractivity contribution is 5.89. The lowest BCUT2D eigenvalue weighted by atomic mass is 10.2. The molecule has 2 heterocycles. The molecule has 0 radical (unpaired) electrons. The molecule has 26 heavy (non-hydrogen) atoms. The Morgan fingerprint density at radius 1 is 1.38 bits per heavy atom. The van der Waals surface area contributed by atoms with E-state index in [9.17, 15) is 9.59 Å². The Morgan fingerprint density at radius 2 is 2.15 bits per heavy atom. The summed E-state index contributed by atoms with van der Waals surface area (Å²) in [5.41, 5.74) is 1.25. The van der Waals surface area contributed by atoms with Crippen LogP contribution in [-0.2, 0) is 14.3 Å². The zero-order valence-corrected chi connectivity index (χ0v) is 14.7. The molecule has 2 fully saturated rings. The number of rotatable bonds is 5. The van der Waals surface area contributed by atoms with Gasteiger partial charge in [-0.25, -0.2) is 4.79 Å². The lowest BCUT2D eigenvalue weighted by molar-refractivity contribution is -0.147. The third-order valence-electron chi connectivity index (χ3n) is 4.47. The van der Waals surface area contributed by atoms with Crippen molar-refractivity contribution >= 4 is 17.7 Å². The third kappa shape index (κ3) is 4.12.